The average molecular weight is 331 g/mol. The van der Waals surface area contributed by atoms with Gasteiger partial charge in [-0.15, -0.1) is 0 Å². The van der Waals surface area contributed by atoms with E-state index in [0.717, 1.165) is 0 Å². The molecule has 0 aromatic heterocycles. The molecule has 0 saturated carbocycles. The summed E-state index contributed by atoms with van der Waals surface area (Å²) >= 11 is 0.0182. The van der Waals surface area contributed by atoms with Gasteiger partial charge in [0.2, 0.25) is 0 Å². The van der Waals surface area contributed by atoms with E-state index >= 15 is 0 Å². The molecule has 102 valence electrons. The summed E-state index contributed by atoms with van der Waals surface area (Å²) in [5, 5.41) is 0. The van der Waals surface area contributed by atoms with Gasteiger partial charge in [-0.1, -0.05) is 0 Å². The molecule has 0 radical (unpaired) electrons. The Bertz CT molecular complexity index is 485. The van der Waals surface area contributed by atoms with Crippen molar-refractivity contribution >= 4 is 0 Å². The van der Waals surface area contributed by atoms with Gasteiger partial charge in [0.15, 0.2) is 0 Å². The van der Waals surface area contributed by atoms with Crippen molar-refractivity contribution in [3.05, 3.63) is 41.2 Å². The predicted molar refractivity (Wildman–Crippen MR) is 69.3 cm³/mol. The molecule has 0 N–H and O–H groups in total. The molecule has 1 heterocycles. The summed E-state index contributed by atoms with van der Waals surface area (Å²) in [5.41, 5.74) is 10.0. The first-order valence-corrected chi connectivity index (χ1v) is 8.18. The van der Waals surface area contributed by atoms with Gasteiger partial charge in [-0.2, -0.15) is 0 Å². The van der Waals surface area contributed by atoms with Gasteiger partial charge < -0.3 is 24.8 Å². The standard InChI is InChI=1S/C16H20.2ClH.Ti/c1-11-5-7-15(13(11)3)9-10-16-8-6-12(2)14(16)4;;;/h5-6,9-10H2,1-4H3;2*1H;/q;;;+2/p-2. The van der Waals surface area contributed by atoms with Crippen molar-refractivity contribution in [3.63, 3.8) is 0 Å². The number of hydrogen-bond acceptors (Lipinski definition) is 0. The van der Waals surface area contributed by atoms with Gasteiger partial charge in [0.25, 0.3) is 0 Å². The summed E-state index contributed by atoms with van der Waals surface area (Å²) in [7, 11) is 0. The van der Waals surface area contributed by atoms with Crippen molar-refractivity contribution in [2.45, 2.75) is 53.4 Å². The van der Waals surface area contributed by atoms with Crippen molar-refractivity contribution in [1.29, 1.82) is 0 Å². The Kier molecular flexibility index (Phi) is 5.78. The van der Waals surface area contributed by atoms with Crippen LogP contribution in [0.5, 0.6) is 0 Å². The molecule has 19 heavy (non-hydrogen) atoms. The number of allylic oxidation sites excluding steroid dienone is 8. The summed E-state index contributed by atoms with van der Waals surface area (Å²) in [5.74, 6) is 0. The van der Waals surface area contributed by atoms with E-state index in [0.29, 0.717) is 0 Å². The number of rotatable bonds is 0. The SMILES string of the molecule is CC1=C(C)C2=[C](C1)[Ti+2][C]1=C(CC2)C(C)=C(C)C1.[Cl-].[Cl-]. The molecular weight excluding hydrogens is 311 g/mol. The minimum atomic E-state index is 0. The Morgan fingerprint density at radius 3 is 1.42 bits per heavy atom. The third kappa shape index (κ3) is 2.83. The molecule has 0 bridgehead atoms. The Hall–Kier alpha value is 0.254. The maximum atomic E-state index is 2.34. The summed E-state index contributed by atoms with van der Waals surface area (Å²) in [6, 6.07) is 0. The molecule has 3 aliphatic rings. The van der Waals surface area contributed by atoms with Gasteiger partial charge in [-0.3, -0.25) is 0 Å². The van der Waals surface area contributed by atoms with E-state index in [2.05, 4.69) is 27.7 Å². The van der Waals surface area contributed by atoms with Gasteiger partial charge in [0, 0.05) is 0 Å². The molecule has 0 fully saturated rings. The monoisotopic (exact) mass is 330 g/mol. The van der Waals surface area contributed by atoms with E-state index in [9.17, 15) is 0 Å². The van der Waals surface area contributed by atoms with Crippen LogP contribution >= 0.6 is 0 Å². The van der Waals surface area contributed by atoms with Crippen molar-refractivity contribution in [2.24, 2.45) is 0 Å². The van der Waals surface area contributed by atoms with E-state index in [1.807, 2.05) is 7.76 Å². The van der Waals surface area contributed by atoms with Gasteiger partial charge in [0.1, 0.15) is 0 Å². The first-order valence-electron chi connectivity index (χ1n) is 6.62. The van der Waals surface area contributed by atoms with Crippen LogP contribution in [0.4, 0.5) is 0 Å². The van der Waals surface area contributed by atoms with Crippen molar-refractivity contribution in [3.8, 4) is 0 Å². The molecule has 0 aromatic rings. The van der Waals surface area contributed by atoms with Crippen LogP contribution in [0, 0.1) is 0 Å². The fraction of sp³-hybridized carbons (Fsp3) is 0.500. The molecule has 0 amide bonds. The zero-order valence-electron chi connectivity index (χ0n) is 12.1. The van der Waals surface area contributed by atoms with Gasteiger partial charge in [-0.05, 0) is 0 Å². The van der Waals surface area contributed by atoms with E-state index in [4.69, 9.17) is 0 Å². The van der Waals surface area contributed by atoms with E-state index in [-0.39, 0.29) is 44.0 Å². The summed E-state index contributed by atoms with van der Waals surface area (Å²) in [6.45, 7) is 9.34. The van der Waals surface area contributed by atoms with Crippen LogP contribution in [0.15, 0.2) is 41.2 Å². The molecule has 0 saturated heterocycles. The van der Waals surface area contributed by atoms with Crippen LogP contribution in [0.3, 0.4) is 0 Å². The predicted octanol–water partition coefficient (Wildman–Crippen LogP) is -1.14. The topological polar surface area (TPSA) is 0 Å². The number of hydrogen-bond donors (Lipinski definition) is 0. The normalized spacial score (nSPS) is 21.3. The quantitative estimate of drug-likeness (QED) is 0.493. The Balaban J connectivity index is 0.000000902. The number of halogens is 2. The zero-order valence-corrected chi connectivity index (χ0v) is 15.2. The average Bonchev–Trinajstić information content (AvgIpc) is 2.63. The summed E-state index contributed by atoms with van der Waals surface area (Å²) in [4.78, 5) is 0. The van der Waals surface area contributed by atoms with Crippen LogP contribution in [0.2, 0.25) is 0 Å². The van der Waals surface area contributed by atoms with E-state index in [1.54, 1.807) is 33.4 Å². The smallest absolute Gasteiger partial charge is 1.00 e. The molecule has 0 atom stereocenters. The van der Waals surface area contributed by atoms with Gasteiger partial charge in [-0.25, -0.2) is 0 Å². The molecule has 0 aromatic carbocycles. The second kappa shape index (κ2) is 6.35. The third-order valence-corrected chi connectivity index (χ3v) is 7.16. The second-order valence-electron chi connectivity index (χ2n) is 5.70. The first kappa shape index (κ1) is 17.3. The third-order valence-electron chi connectivity index (χ3n) is 4.72. The van der Waals surface area contributed by atoms with Crippen LogP contribution in [-0.2, 0) is 19.2 Å². The maximum Gasteiger partial charge on any atom is -1.00 e. The summed E-state index contributed by atoms with van der Waals surface area (Å²) < 4.78 is 3.71. The van der Waals surface area contributed by atoms with Crippen LogP contribution < -0.4 is 24.8 Å². The Labute approximate surface area is 138 Å². The van der Waals surface area contributed by atoms with E-state index in [1.165, 1.54) is 25.7 Å². The molecule has 1 aliphatic heterocycles. The Morgan fingerprint density at radius 2 is 1.05 bits per heavy atom. The van der Waals surface area contributed by atoms with Crippen molar-refractivity contribution in [2.75, 3.05) is 0 Å². The fourth-order valence-corrected chi connectivity index (χ4v) is 6.45. The molecular formula is C16H20Cl2Ti. The van der Waals surface area contributed by atoms with Crippen molar-refractivity contribution in [1.82, 2.24) is 0 Å². The molecule has 0 spiro atoms. The second-order valence-corrected chi connectivity index (χ2v) is 7.98. The van der Waals surface area contributed by atoms with Crippen LogP contribution in [-0.4, -0.2) is 0 Å². The van der Waals surface area contributed by atoms with Crippen LogP contribution in [0.1, 0.15) is 53.4 Å². The zero-order chi connectivity index (χ0) is 12.2. The van der Waals surface area contributed by atoms with Crippen LogP contribution in [0.25, 0.3) is 0 Å². The molecule has 0 unspecified atom stereocenters. The fourth-order valence-electron chi connectivity index (χ4n) is 3.32. The largest absolute Gasteiger partial charge is 1.00 e. The molecule has 2 aliphatic carbocycles. The Morgan fingerprint density at radius 1 is 0.684 bits per heavy atom. The first-order chi connectivity index (χ1) is 8.08. The molecule has 3 rings (SSSR count). The minimum Gasteiger partial charge on any atom is -1.00 e. The van der Waals surface area contributed by atoms with Gasteiger partial charge >= 0.3 is 114 Å². The summed E-state index contributed by atoms with van der Waals surface area (Å²) in [6.07, 6.45) is 5.23. The molecule has 3 heteroatoms. The van der Waals surface area contributed by atoms with Gasteiger partial charge in [0.05, 0.1) is 0 Å². The van der Waals surface area contributed by atoms with E-state index < -0.39 is 0 Å². The maximum absolute atomic E-state index is 2.34. The molecule has 0 nitrogen and oxygen atoms in total. The van der Waals surface area contributed by atoms with Crippen molar-refractivity contribution < 1.29 is 44.0 Å². The minimum absolute atomic E-state index is 0.